The fourth-order valence-electron chi connectivity index (χ4n) is 3.12. The van der Waals surface area contributed by atoms with Crippen molar-refractivity contribution in [2.24, 2.45) is 0 Å². The molecule has 0 radical (unpaired) electrons. The minimum absolute atomic E-state index is 0.0726. The summed E-state index contributed by atoms with van der Waals surface area (Å²) in [4.78, 5) is 28.0. The lowest BCUT2D eigenvalue weighted by molar-refractivity contribution is -0.132. The zero-order valence-corrected chi connectivity index (χ0v) is 15.4. The molecule has 3 rings (SSSR count). The molecular formula is C20H19ClF2N2O2. The fraction of sp³-hybridized carbons (Fsp3) is 0.300. The summed E-state index contributed by atoms with van der Waals surface area (Å²) in [6.45, 7) is 1.31. The van der Waals surface area contributed by atoms with Gasteiger partial charge in [0.25, 0.3) is 5.91 Å². The first-order valence-electron chi connectivity index (χ1n) is 8.72. The summed E-state index contributed by atoms with van der Waals surface area (Å²) in [5.41, 5.74) is 0.368. The van der Waals surface area contributed by atoms with Crippen molar-refractivity contribution in [1.82, 2.24) is 9.80 Å². The second kappa shape index (κ2) is 8.48. The van der Waals surface area contributed by atoms with E-state index in [-0.39, 0.29) is 28.7 Å². The molecule has 1 saturated heterocycles. The molecule has 0 atom stereocenters. The monoisotopic (exact) mass is 392 g/mol. The standard InChI is InChI=1S/C20H19ClF2N2O2/c21-15-5-3-7-17(23)19(15)20(27)25-12-10-24(11-13-25)18(26)9-8-14-4-1-2-6-16(14)22/h1-7H,8-13H2. The van der Waals surface area contributed by atoms with Crippen LogP contribution in [0.2, 0.25) is 5.02 Å². The molecule has 1 aliphatic rings. The van der Waals surface area contributed by atoms with Crippen LogP contribution in [-0.2, 0) is 11.2 Å². The number of carbonyl (C=O) groups excluding carboxylic acids is 2. The van der Waals surface area contributed by atoms with E-state index in [1.807, 2.05) is 0 Å². The van der Waals surface area contributed by atoms with E-state index in [1.165, 1.54) is 29.2 Å². The van der Waals surface area contributed by atoms with Gasteiger partial charge < -0.3 is 9.80 Å². The molecule has 142 valence electrons. The van der Waals surface area contributed by atoms with Crippen molar-refractivity contribution in [3.05, 3.63) is 70.2 Å². The number of hydrogen-bond acceptors (Lipinski definition) is 2. The lowest BCUT2D eigenvalue weighted by Gasteiger charge is -2.35. The van der Waals surface area contributed by atoms with Crippen LogP contribution >= 0.6 is 11.6 Å². The van der Waals surface area contributed by atoms with E-state index in [1.54, 1.807) is 23.1 Å². The van der Waals surface area contributed by atoms with E-state index in [0.717, 1.165) is 0 Å². The van der Waals surface area contributed by atoms with Crippen LogP contribution in [0.5, 0.6) is 0 Å². The molecule has 0 bridgehead atoms. The Morgan fingerprint density at radius 3 is 2.19 bits per heavy atom. The van der Waals surface area contributed by atoms with Crippen LogP contribution in [0.3, 0.4) is 0 Å². The second-order valence-electron chi connectivity index (χ2n) is 6.36. The third kappa shape index (κ3) is 4.45. The van der Waals surface area contributed by atoms with Crippen LogP contribution in [0.25, 0.3) is 0 Å². The van der Waals surface area contributed by atoms with Crippen molar-refractivity contribution in [2.75, 3.05) is 26.2 Å². The van der Waals surface area contributed by atoms with Gasteiger partial charge in [0, 0.05) is 32.6 Å². The summed E-state index contributed by atoms with van der Waals surface area (Å²) in [5.74, 6) is -1.54. The normalized spacial score (nSPS) is 14.3. The molecular weight excluding hydrogens is 374 g/mol. The summed E-state index contributed by atoms with van der Waals surface area (Å²) in [5, 5.41) is 0.0726. The molecule has 27 heavy (non-hydrogen) atoms. The van der Waals surface area contributed by atoms with Gasteiger partial charge >= 0.3 is 0 Å². The Kier molecular flexibility index (Phi) is 6.06. The number of nitrogens with zero attached hydrogens (tertiary/aromatic N) is 2. The number of rotatable bonds is 4. The SMILES string of the molecule is O=C(CCc1ccccc1F)N1CCN(C(=O)c2c(F)cccc2Cl)CC1. The summed E-state index contributed by atoms with van der Waals surface area (Å²) in [7, 11) is 0. The van der Waals surface area contributed by atoms with Gasteiger partial charge in [0.15, 0.2) is 0 Å². The van der Waals surface area contributed by atoms with Gasteiger partial charge in [0.1, 0.15) is 11.6 Å². The van der Waals surface area contributed by atoms with E-state index in [4.69, 9.17) is 11.6 Å². The van der Waals surface area contributed by atoms with E-state index in [9.17, 15) is 18.4 Å². The van der Waals surface area contributed by atoms with Gasteiger partial charge in [0.2, 0.25) is 5.91 Å². The van der Waals surface area contributed by atoms with Crippen LogP contribution in [0, 0.1) is 11.6 Å². The fourth-order valence-corrected chi connectivity index (χ4v) is 3.36. The van der Waals surface area contributed by atoms with Crippen LogP contribution in [0.1, 0.15) is 22.3 Å². The van der Waals surface area contributed by atoms with Crippen LogP contribution in [0.15, 0.2) is 42.5 Å². The highest BCUT2D eigenvalue weighted by molar-refractivity contribution is 6.33. The number of piperazine rings is 1. The predicted octanol–water partition coefficient (Wildman–Crippen LogP) is 3.54. The van der Waals surface area contributed by atoms with Crippen LogP contribution in [0.4, 0.5) is 8.78 Å². The van der Waals surface area contributed by atoms with Crippen molar-refractivity contribution < 1.29 is 18.4 Å². The lowest BCUT2D eigenvalue weighted by atomic mass is 10.1. The third-order valence-corrected chi connectivity index (χ3v) is 4.98. The van der Waals surface area contributed by atoms with Crippen molar-refractivity contribution in [1.29, 1.82) is 0 Å². The second-order valence-corrected chi connectivity index (χ2v) is 6.77. The number of benzene rings is 2. The van der Waals surface area contributed by atoms with Crippen molar-refractivity contribution in [3.63, 3.8) is 0 Å². The van der Waals surface area contributed by atoms with Crippen molar-refractivity contribution in [3.8, 4) is 0 Å². The largest absolute Gasteiger partial charge is 0.339 e. The molecule has 1 heterocycles. The Balaban J connectivity index is 1.55. The molecule has 0 N–H and O–H groups in total. The molecule has 0 saturated carbocycles. The highest BCUT2D eigenvalue weighted by Gasteiger charge is 2.27. The van der Waals surface area contributed by atoms with Gasteiger partial charge in [-0.2, -0.15) is 0 Å². The van der Waals surface area contributed by atoms with E-state index in [0.29, 0.717) is 38.2 Å². The smallest absolute Gasteiger partial charge is 0.258 e. The molecule has 1 aliphatic heterocycles. The molecule has 2 aromatic rings. The molecule has 4 nitrogen and oxygen atoms in total. The summed E-state index contributed by atoms with van der Waals surface area (Å²) in [6, 6.07) is 10.5. The molecule has 0 aromatic heterocycles. The van der Waals surface area contributed by atoms with Crippen molar-refractivity contribution >= 4 is 23.4 Å². The van der Waals surface area contributed by atoms with Gasteiger partial charge in [-0.25, -0.2) is 8.78 Å². The lowest BCUT2D eigenvalue weighted by Crippen LogP contribution is -2.50. The number of carbonyl (C=O) groups is 2. The first-order chi connectivity index (χ1) is 13.0. The summed E-state index contributed by atoms with van der Waals surface area (Å²) >= 11 is 5.95. The van der Waals surface area contributed by atoms with Gasteiger partial charge in [-0.1, -0.05) is 35.9 Å². The third-order valence-electron chi connectivity index (χ3n) is 4.66. The Labute approximate surface area is 161 Å². The zero-order valence-electron chi connectivity index (χ0n) is 14.6. The highest BCUT2D eigenvalue weighted by atomic mass is 35.5. The van der Waals surface area contributed by atoms with E-state index in [2.05, 4.69) is 0 Å². The minimum atomic E-state index is -0.657. The maximum atomic E-state index is 13.9. The average Bonchev–Trinajstić information content (AvgIpc) is 2.67. The average molecular weight is 393 g/mol. The molecule has 2 amide bonds. The molecule has 0 unspecified atom stereocenters. The number of halogens is 3. The minimum Gasteiger partial charge on any atom is -0.339 e. The molecule has 0 aliphatic carbocycles. The molecule has 2 aromatic carbocycles. The van der Waals surface area contributed by atoms with Gasteiger partial charge in [0.05, 0.1) is 10.6 Å². The Hall–Kier alpha value is -2.47. The van der Waals surface area contributed by atoms with Crippen LogP contribution in [-0.4, -0.2) is 47.8 Å². The summed E-state index contributed by atoms with van der Waals surface area (Å²) < 4.78 is 27.6. The Morgan fingerprint density at radius 1 is 0.889 bits per heavy atom. The molecule has 1 fully saturated rings. The van der Waals surface area contributed by atoms with Crippen molar-refractivity contribution in [2.45, 2.75) is 12.8 Å². The van der Waals surface area contributed by atoms with Gasteiger partial charge in [-0.3, -0.25) is 9.59 Å². The first kappa shape index (κ1) is 19.3. The Morgan fingerprint density at radius 2 is 1.52 bits per heavy atom. The van der Waals surface area contributed by atoms with Gasteiger partial charge in [-0.15, -0.1) is 0 Å². The maximum Gasteiger partial charge on any atom is 0.258 e. The zero-order chi connectivity index (χ0) is 19.4. The van der Waals surface area contributed by atoms with E-state index >= 15 is 0 Å². The Bertz CT molecular complexity index is 831. The number of amides is 2. The van der Waals surface area contributed by atoms with Gasteiger partial charge in [-0.05, 0) is 30.2 Å². The summed E-state index contributed by atoms with van der Waals surface area (Å²) in [6.07, 6.45) is 0.531. The molecule has 0 spiro atoms. The number of hydrogen-bond donors (Lipinski definition) is 0. The molecule has 7 heteroatoms. The maximum absolute atomic E-state index is 13.9. The highest BCUT2D eigenvalue weighted by Crippen LogP contribution is 2.21. The predicted molar refractivity (Wildman–Crippen MR) is 98.6 cm³/mol. The van der Waals surface area contributed by atoms with E-state index < -0.39 is 11.7 Å². The van der Waals surface area contributed by atoms with Crippen LogP contribution < -0.4 is 0 Å². The number of aryl methyl sites for hydroxylation is 1. The first-order valence-corrected chi connectivity index (χ1v) is 9.09. The quantitative estimate of drug-likeness (QED) is 0.798. The topological polar surface area (TPSA) is 40.6 Å².